The van der Waals surface area contributed by atoms with Crippen LogP contribution in [-0.2, 0) is 10.0 Å². The molecule has 1 fully saturated rings. The van der Waals surface area contributed by atoms with Crippen molar-refractivity contribution in [3.63, 3.8) is 0 Å². The Morgan fingerprint density at radius 1 is 1.00 bits per heavy atom. The van der Waals surface area contributed by atoms with E-state index in [9.17, 15) is 21.6 Å². The van der Waals surface area contributed by atoms with Crippen LogP contribution < -0.4 is 4.74 Å². The number of nitrogens with zero attached hydrogens (tertiary/aromatic N) is 2. The number of sulfonamides is 1. The minimum absolute atomic E-state index is 0.200. The van der Waals surface area contributed by atoms with Gasteiger partial charge in [0.15, 0.2) is 0 Å². The molecular formula is C19H21F3N2O3S. The standard InChI is InChI=1S/C19H21F3N2O3S/c1-23(2)16-11-12-24(13-16)28(25,26)18-9-5-15(6-10-18)14-3-7-17(8-4-14)27-19(20,21)22/h3-10,16H,11-13H2,1-2H3/t16-/m1/s1. The number of likely N-dealkylation sites (N-methyl/N-ethyl adjacent to an activating group) is 1. The van der Waals surface area contributed by atoms with Gasteiger partial charge in [-0.3, -0.25) is 0 Å². The van der Waals surface area contributed by atoms with E-state index in [-0.39, 0.29) is 16.7 Å². The first-order valence-corrected chi connectivity index (χ1v) is 10.1. The lowest BCUT2D eigenvalue weighted by atomic mass is 10.1. The van der Waals surface area contributed by atoms with Gasteiger partial charge in [-0.15, -0.1) is 13.2 Å². The molecule has 1 aliphatic heterocycles. The second kappa shape index (κ2) is 7.73. The largest absolute Gasteiger partial charge is 0.573 e. The maximum absolute atomic E-state index is 12.8. The molecule has 9 heteroatoms. The molecule has 0 radical (unpaired) electrons. The van der Waals surface area contributed by atoms with Crippen LogP contribution >= 0.6 is 0 Å². The summed E-state index contributed by atoms with van der Waals surface area (Å²) in [5, 5.41) is 0. The van der Waals surface area contributed by atoms with Gasteiger partial charge in [0.05, 0.1) is 4.90 Å². The Kier molecular flexibility index (Phi) is 5.69. The van der Waals surface area contributed by atoms with Gasteiger partial charge >= 0.3 is 6.36 Å². The zero-order chi connectivity index (χ0) is 20.5. The Hall–Kier alpha value is -2.10. The molecule has 1 aliphatic rings. The first-order chi connectivity index (χ1) is 13.1. The van der Waals surface area contributed by atoms with E-state index in [0.717, 1.165) is 6.42 Å². The van der Waals surface area contributed by atoms with Crippen LogP contribution in [-0.4, -0.2) is 57.2 Å². The van der Waals surface area contributed by atoms with Crippen molar-refractivity contribution in [1.82, 2.24) is 9.21 Å². The zero-order valence-corrected chi connectivity index (χ0v) is 16.3. The van der Waals surface area contributed by atoms with Crippen LogP contribution in [0.25, 0.3) is 11.1 Å². The topological polar surface area (TPSA) is 49.9 Å². The van der Waals surface area contributed by atoms with Crippen molar-refractivity contribution in [1.29, 1.82) is 0 Å². The molecule has 2 aromatic carbocycles. The van der Waals surface area contributed by atoms with Gasteiger partial charge in [0.2, 0.25) is 10.0 Å². The monoisotopic (exact) mass is 414 g/mol. The molecule has 0 aromatic heterocycles. The molecule has 0 N–H and O–H groups in total. The fraction of sp³-hybridized carbons (Fsp3) is 0.368. The first-order valence-electron chi connectivity index (χ1n) is 8.69. The molecule has 1 saturated heterocycles. The lowest BCUT2D eigenvalue weighted by Crippen LogP contribution is -2.34. The third-order valence-electron chi connectivity index (χ3n) is 4.77. The van der Waals surface area contributed by atoms with E-state index >= 15 is 0 Å². The van der Waals surface area contributed by atoms with Crippen molar-refractivity contribution in [3.05, 3.63) is 48.5 Å². The van der Waals surface area contributed by atoms with E-state index in [0.29, 0.717) is 24.2 Å². The van der Waals surface area contributed by atoms with Gasteiger partial charge in [0.25, 0.3) is 0 Å². The molecule has 28 heavy (non-hydrogen) atoms. The molecule has 5 nitrogen and oxygen atoms in total. The molecule has 1 heterocycles. The van der Waals surface area contributed by atoms with Crippen molar-refractivity contribution in [2.45, 2.75) is 23.7 Å². The van der Waals surface area contributed by atoms with Crippen LogP contribution in [0, 0.1) is 0 Å². The second-order valence-electron chi connectivity index (χ2n) is 6.87. The number of ether oxygens (including phenoxy) is 1. The summed E-state index contributed by atoms with van der Waals surface area (Å²) in [6.45, 7) is 0.936. The first kappa shape index (κ1) is 20.6. The van der Waals surface area contributed by atoms with E-state index in [1.54, 1.807) is 12.1 Å². The average Bonchev–Trinajstić information content (AvgIpc) is 3.12. The van der Waals surface area contributed by atoms with Crippen LogP contribution in [0.3, 0.4) is 0 Å². The van der Waals surface area contributed by atoms with Crippen LogP contribution in [0.2, 0.25) is 0 Å². The summed E-state index contributed by atoms with van der Waals surface area (Å²) in [4.78, 5) is 2.22. The quantitative estimate of drug-likeness (QED) is 0.751. The Bertz CT molecular complexity index is 911. The number of halogens is 3. The van der Waals surface area contributed by atoms with Gasteiger partial charge in [-0.1, -0.05) is 24.3 Å². The molecule has 3 rings (SSSR count). The molecule has 0 unspecified atom stereocenters. The van der Waals surface area contributed by atoms with Gasteiger partial charge in [-0.2, -0.15) is 4.31 Å². The summed E-state index contributed by atoms with van der Waals surface area (Å²) < 4.78 is 67.7. The third kappa shape index (κ3) is 4.65. The Morgan fingerprint density at radius 3 is 2.00 bits per heavy atom. The van der Waals surface area contributed by atoms with Crippen LogP contribution in [0.15, 0.2) is 53.4 Å². The predicted octanol–water partition coefficient (Wildman–Crippen LogP) is 3.58. The van der Waals surface area contributed by atoms with E-state index in [2.05, 4.69) is 4.74 Å². The summed E-state index contributed by atoms with van der Waals surface area (Å²) in [6.07, 6.45) is -3.95. The van der Waals surface area contributed by atoms with Crippen LogP contribution in [0.4, 0.5) is 13.2 Å². The van der Waals surface area contributed by atoms with E-state index in [1.165, 1.54) is 40.7 Å². The smallest absolute Gasteiger partial charge is 0.406 e. The SMILES string of the molecule is CN(C)[C@@H]1CCN(S(=O)(=O)c2ccc(-c3ccc(OC(F)(F)F)cc3)cc2)C1. The molecule has 152 valence electrons. The van der Waals surface area contributed by atoms with Crippen LogP contribution in [0.5, 0.6) is 5.75 Å². The van der Waals surface area contributed by atoms with Gasteiger partial charge < -0.3 is 9.64 Å². The van der Waals surface area contributed by atoms with Crippen molar-refractivity contribution in [2.24, 2.45) is 0 Å². The molecule has 0 spiro atoms. The molecular weight excluding hydrogens is 393 g/mol. The third-order valence-corrected chi connectivity index (χ3v) is 6.65. The summed E-state index contributed by atoms with van der Waals surface area (Å²) in [5.41, 5.74) is 1.36. The van der Waals surface area contributed by atoms with Gasteiger partial charge in [0, 0.05) is 19.1 Å². The van der Waals surface area contributed by atoms with Crippen molar-refractivity contribution in [3.8, 4) is 16.9 Å². The minimum Gasteiger partial charge on any atom is -0.406 e. The Balaban J connectivity index is 1.74. The number of rotatable bonds is 5. The number of hydrogen-bond acceptors (Lipinski definition) is 4. The highest BCUT2D eigenvalue weighted by atomic mass is 32.2. The second-order valence-corrected chi connectivity index (χ2v) is 8.80. The summed E-state index contributed by atoms with van der Waals surface area (Å²) in [6, 6.07) is 12.0. The lowest BCUT2D eigenvalue weighted by Gasteiger charge is -2.20. The summed E-state index contributed by atoms with van der Waals surface area (Å²) in [7, 11) is 0.293. The maximum Gasteiger partial charge on any atom is 0.573 e. The minimum atomic E-state index is -4.74. The predicted molar refractivity (Wildman–Crippen MR) is 99.4 cm³/mol. The Labute approximate surface area is 162 Å². The van der Waals surface area contributed by atoms with Crippen molar-refractivity contribution < 1.29 is 26.3 Å². The van der Waals surface area contributed by atoms with E-state index in [4.69, 9.17) is 0 Å². The highest BCUT2D eigenvalue weighted by Gasteiger charge is 2.33. The molecule has 2 aromatic rings. The maximum atomic E-state index is 12.8. The molecule has 0 amide bonds. The molecule has 0 saturated carbocycles. The average molecular weight is 414 g/mol. The lowest BCUT2D eigenvalue weighted by molar-refractivity contribution is -0.274. The molecule has 1 atom stereocenters. The summed E-state index contributed by atoms with van der Waals surface area (Å²) >= 11 is 0. The van der Waals surface area contributed by atoms with Crippen molar-refractivity contribution in [2.75, 3.05) is 27.2 Å². The highest BCUT2D eigenvalue weighted by molar-refractivity contribution is 7.89. The van der Waals surface area contributed by atoms with Gasteiger partial charge in [-0.05, 0) is 55.9 Å². The number of alkyl halides is 3. The number of hydrogen-bond donors (Lipinski definition) is 0. The van der Waals surface area contributed by atoms with Gasteiger partial charge in [0.1, 0.15) is 5.75 Å². The molecule has 0 bridgehead atoms. The van der Waals surface area contributed by atoms with E-state index < -0.39 is 16.4 Å². The fourth-order valence-corrected chi connectivity index (χ4v) is 4.66. The van der Waals surface area contributed by atoms with Crippen LogP contribution in [0.1, 0.15) is 6.42 Å². The van der Waals surface area contributed by atoms with Gasteiger partial charge in [-0.25, -0.2) is 8.42 Å². The van der Waals surface area contributed by atoms with E-state index in [1.807, 2.05) is 19.0 Å². The zero-order valence-electron chi connectivity index (χ0n) is 15.5. The number of benzene rings is 2. The van der Waals surface area contributed by atoms with Crippen molar-refractivity contribution >= 4 is 10.0 Å². The summed E-state index contributed by atoms with van der Waals surface area (Å²) in [5.74, 6) is -0.306. The Morgan fingerprint density at radius 2 is 1.54 bits per heavy atom. The normalized spacial score (nSPS) is 18.6. The fourth-order valence-electron chi connectivity index (χ4n) is 3.17. The molecule has 0 aliphatic carbocycles. The highest BCUT2D eigenvalue weighted by Crippen LogP contribution is 2.28.